The van der Waals surface area contributed by atoms with Gasteiger partial charge in [-0.25, -0.2) is 0 Å². The second-order valence-electron chi connectivity index (χ2n) is 4.90. The first kappa shape index (κ1) is 10.4. The average Bonchev–Trinajstić information content (AvgIpc) is 2.70. The fourth-order valence-corrected chi connectivity index (χ4v) is 2.74. The zero-order valence-corrected chi connectivity index (χ0v) is 9.42. The minimum atomic E-state index is 0.744. The van der Waals surface area contributed by atoms with Crippen LogP contribution in [-0.2, 0) is 0 Å². The molecule has 0 bridgehead atoms. The van der Waals surface area contributed by atoms with Crippen molar-refractivity contribution < 1.29 is 0 Å². The Hall–Kier alpha value is -0.120. The van der Waals surface area contributed by atoms with Gasteiger partial charge in [0.25, 0.3) is 0 Å². The first-order valence-electron chi connectivity index (χ1n) is 5.96. The summed E-state index contributed by atoms with van der Waals surface area (Å²) < 4.78 is 0. The smallest absolute Gasteiger partial charge is 0.0247 e. The molecule has 2 rings (SSSR count). The summed E-state index contributed by atoms with van der Waals surface area (Å²) in [6.45, 7) is 10.7. The molecule has 2 fully saturated rings. The molecule has 2 unspecified atom stereocenters. The molecular formula is C11H23N3. The van der Waals surface area contributed by atoms with E-state index >= 15 is 0 Å². The second-order valence-corrected chi connectivity index (χ2v) is 4.90. The number of nitrogens with zero attached hydrogens (tertiary/aromatic N) is 1. The van der Waals surface area contributed by atoms with Crippen molar-refractivity contribution >= 4 is 0 Å². The first-order chi connectivity index (χ1) is 6.79. The Balaban J connectivity index is 1.98. The highest BCUT2D eigenvalue weighted by atomic mass is 15.3. The molecule has 0 radical (unpaired) electrons. The molecule has 0 aromatic carbocycles. The maximum atomic E-state index is 3.51. The fourth-order valence-electron chi connectivity index (χ4n) is 2.74. The van der Waals surface area contributed by atoms with Gasteiger partial charge in [-0.3, -0.25) is 4.90 Å². The molecule has 2 N–H and O–H groups in total. The Labute approximate surface area is 87.2 Å². The number of nitrogens with one attached hydrogen (secondary N) is 2. The zero-order chi connectivity index (χ0) is 9.97. The van der Waals surface area contributed by atoms with E-state index < -0.39 is 0 Å². The van der Waals surface area contributed by atoms with Crippen molar-refractivity contribution in [2.24, 2.45) is 5.92 Å². The topological polar surface area (TPSA) is 27.3 Å². The van der Waals surface area contributed by atoms with Crippen molar-refractivity contribution in [3.05, 3.63) is 0 Å². The van der Waals surface area contributed by atoms with Gasteiger partial charge in [0.1, 0.15) is 0 Å². The fraction of sp³-hybridized carbons (Fsp3) is 1.00. The lowest BCUT2D eigenvalue weighted by atomic mass is 9.98. The van der Waals surface area contributed by atoms with Crippen molar-refractivity contribution in [2.45, 2.75) is 32.4 Å². The van der Waals surface area contributed by atoms with Crippen LogP contribution in [0.25, 0.3) is 0 Å². The Morgan fingerprint density at radius 3 is 2.57 bits per heavy atom. The predicted molar refractivity (Wildman–Crippen MR) is 59.5 cm³/mol. The molecule has 0 saturated carbocycles. The van der Waals surface area contributed by atoms with Gasteiger partial charge >= 0.3 is 0 Å². The maximum absolute atomic E-state index is 3.51. The second kappa shape index (κ2) is 4.60. The van der Waals surface area contributed by atoms with Crippen LogP contribution in [0.2, 0.25) is 0 Å². The lowest BCUT2D eigenvalue weighted by molar-refractivity contribution is 0.0849. The summed E-state index contributed by atoms with van der Waals surface area (Å²) in [6.07, 6.45) is 1.34. The summed E-state index contributed by atoms with van der Waals surface area (Å²) in [5, 5.41) is 6.97. The molecule has 0 amide bonds. The van der Waals surface area contributed by atoms with Crippen LogP contribution in [0, 0.1) is 5.92 Å². The normalized spacial score (nSPS) is 35.4. The standard InChI is InChI=1S/C11H23N3/c1-9(2)11-8-13-5-6-14(11)10-3-4-12-7-10/h9-13H,3-8H2,1-2H3. The van der Waals surface area contributed by atoms with Crippen LogP contribution in [0.3, 0.4) is 0 Å². The zero-order valence-electron chi connectivity index (χ0n) is 9.42. The van der Waals surface area contributed by atoms with Crippen LogP contribution < -0.4 is 10.6 Å². The summed E-state index contributed by atoms with van der Waals surface area (Å²) in [5.41, 5.74) is 0. The van der Waals surface area contributed by atoms with E-state index in [1.165, 1.54) is 39.1 Å². The van der Waals surface area contributed by atoms with E-state index in [1.807, 2.05) is 0 Å². The van der Waals surface area contributed by atoms with Crippen molar-refractivity contribution in [3.8, 4) is 0 Å². The largest absolute Gasteiger partial charge is 0.315 e. The van der Waals surface area contributed by atoms with Crippen molar-refractivity contribution in [1.82, 2.24) is 15.5 Å². The summed E-state index contributed by atoms with van der Waals surface area (Å²) in [7, 11) is 0. The number of hydrogen-bond donors (Lipinski definition) is 2. The molecule has 0 aromatic heterocycles. The lowest BCUT2D eigenvalue weighted by Gasteiger charge is -2.42. The monoisotopic (exact) mass is 197 g/mol. The molecule has 0 aliphatic carbocycles. The molecule has 2 aliphatic rings. The molecule has 3 nitrogen and oxygen atoms in total. The maximum Gasteiger partial charge on any atom is 0.0247 e. The predicted octanol–water partition coefficient (Wildman–Crippen LogP) is 0.278. The minimum Gasteiger partial charge on any atom is -0.315 e. The SMILES string of the molecule is CC(C)C1CNCCN1C1CCNC1. The van der Waals surface area contributed by atoms with Gasteiger partial charge in [-0.1, -0.05) is 13.8 Å². The number of piperazine rings is 1. The van der Waals surface area contributed by atoms with Gasteiger partial charge in [-0.2, -0.15) is 0 Å². The minimum absolute atomic E-state index is 0.744. The van der Waals surface area contributed by atoms with Gasteiger partial charge in [0.2, 0.25) is 0 Å². The van der Waals surface area contributed by atoms with E-state index in [0.29, 0.717) is 0 Å². The third-order valence-electron chi connectivity index (χ3n) is 3.60. The van der Waals surface area contributed by atoms with Crippen LogP contribution in [0.1, 0.15) is 20.3 Å². The highest BCUT2D eigenvalue weighted by Crippen LogP contribution is 2.19. The van der Waals surface area contributed by atoms with Gasteiger partial charge in [-0.05, 0) is 18.9 Å². The van der Waals surface area contributed by atoms with E-state index in [1.54, 1.807) is 0 Å². The number of hydrogen-bond acceptors (Lipinski definition) is 3. The summed E-state index contributed by atoms with van der Waals surface area (Å²) >= 11 is 0. The Bertz CT molecular complexity index is 175. The van der Waals surface area contributed by atoms with E-state index in [9.17, 15) is 0 Å². The van der Waals surface area contributed by atoms with Crippen LogP contribution >= 0.6 is 0 Å². The summed E-state index contributed by atoms with van der Waals surface area (Å²) in [4.78, 5) is 2.72. The molecule has 2 atom stereocenters. The van der Waals surface area contributed by atoms with Crippen LogP contribution in [0.4, 0.5) is 0 Å². The quantitative estimate of drug-likeness (QED) is 0.666. The van der Waals surface area contributed by atoms with E-state index in [2.05, 4.69) is 29.4 Å². The van der Waals surface area contributed by atoms with Gasteiger partial charge in [0.15, 0.2) is 0 Å². The highest BCUT2D eigenvalue weighted by Gasteiger charge is 2.31. The molecule has 2 aliphatic heterocycles. The Kier molecular flexibility index (Phi) is 3.42. The van der Waals surface area contributed by atoms with Gasteiger partial charge in [-0.15, -0.1) is 0 Å². The Morgan fingerprint density at radius 2 is 1.93 bits per heavy atom. The molecular weight excluding hydrogens is 174 g/mol. The van der Waals surface area contributed by atoms with E-state index in [0.717, 1.165) is 18.0 Å². The van der Waals surface area contributed by atoms with Gasteiger partial charge in [0, 0.05) is 38.3 Å². The molecule has 82 valence electrons. The Morgan fingerprint density at radius 1 is 1.14 bits per heavy atom. The third-order valence-corrected chi connectivity index (χ3v) is 3.60. The van der Waals surface area contributed by atoms with E-state index in [-0.39, 0.29) is 0 Å². The molecule has 14 heavy (non-hydrogen) atoms. The number of rotatable bonds is 2. The van der Waals surface area contributed by atoms with Gasteiger partial charge in [0.05, 0.1) is 0 Å². The van der Waals surface area contributed by atoms with Crippen molar-refractivity contribution in [3.63, 3.8) is 0 Å². The van der Waals surface area contributed by atoms with Crippen molar-refractivity contribution in [1.29, 1.82) is 0 Å². The third kappa shape index (κ3) is 2.10. The summed E-state index contributed by atoms with van der Waals surface area (Å²) in [5.74, 6) is 0.767. The molecule has 3 heteroatoms. The van der Waals surface area contributed by atoms with Crippen LogP contribution in [0.15, 0.2) is 0 Å². The lowest BCUT2D eigenvalue weighted by Crippen LogP contribution is -2.57. The van der Waals surface area contributed by atoms with E-state index in [4.69, 9.17) is 0 Å². The molecule has 2 saturated heterocycles. The van der Waals surface area contributed by atoms with Crippen LogP contribution in [0.5, 0.6) is 0 Å². The average molecular weight is 197 g/mol. The summed E-state index contributed by atoms with van der Waals surface area (Å²) in [6, 6.07) is 1.54. The van der Waals surface area contributed by atoms with Gasteiger partial charge < -0.3 is 10.6 Å². The highest BCUT2D eigenvalue weighted by molar-refractivity contribution is 4.90. The van der Waals surface area contributed by atoms with Crippen molar-refractivity contribution in [2.75, 3.05) is 32.7 Å². The molecule has 0 aromatic rings. The first-order valence-corrected chi connectivity index (χ1v) is 5.96. The molecule has 2 heterocycles. The van der Waals surface area contributed by atoms with Crippen LogP contribution in [-0.4, -0.2) is 49.7 Å². The molecule has 0 spiro atoms.